The lowest BCUT2D eigenvalue weighted by Crippen LogP contribution is -2.00. The number of hydrogen-bond acceptors (Lipinski definition) is 1. The fourth-order valence-electron chi connectivity index (χ4n) is 1.64. The summed E-state index contributed by atoms with van der Waals surface area (Å²) in [4.78, 5) is 0.189. The topological polar surface area (TPSA) is 0 Å². The van der Waals surface area contributed by atoms with Crippen molar-refractivity contribution in [2.75, 3.05) is 0 Å². The van der Waals surface area contributed by atoms with Crippen LogP contribution in [0.25, 0.3) is 0 Å². The molecular weight excluding hydrogens is 325 g/mol. The molecule has 5 heteroatoms. The van der Waals surface area contributed by atoms with Gasteiger partial charge in [0.05, 0.1) is 0 Å². The van der Waals surface area contributed by atoms with Gasteiger partial charge in [0.1, 0.15) is 4.88 Å². The summed E-state index contributed by atoms with van der Waals surface area (Å²) >= 11 is 4.18. The minimum Gasteiger partial charge on any atom is -0.165 e. The summed E-state index contributed by atoms with van der Waals surface area (Å²) in [5.74, 6) is 0. The van der Waals surface area contributed by atoms with E-state index in [1.807, 2.05) is 25.1 Å². The molecule has 0 amide bonds. The first-order valence-electron chi connectivity index (χ1n) is 5.27. The zero-order valence-corrected chi connectivity index (χ0v) is 11.9. The van der Waals surface area contributed by atoms with Crippen LogP contribution in [0.1, 0.15) is 20.9 Å². The Morgan fingerprint density at radius 2 is 1.89 bits per heavy atom. The predicted octanol–water partition coefficient (Wildman–Crippen LogP) is 5.43. The zero-order chi connectivity index (χ0) is 13.3. The van der Waals surface area contributed by atoms with Gasteiger partial charge in [-0.2, -0.15) is 13.2 Å². The van der Waals surface area contributed by atoms with Crippen LogP contribution in [0.4, 0.5) is 13.2 Å². The van der Waals surface area contributed by atoms with Gasteiger partial charge >= 0.3 is 6.18 Å². The number of aryl methyl sites for hydroxylation is 1. The number of alkyl halides is 3. The summed E-state index contributed by atoms with van der Waals surface area (Å²) in [6.45, 7) is 1.96. The summed E-state index contributed by atoms with van der Waals surface area (Å²) < 4.78 is 38.4. The molecule has 0 N–H and O–H groups in total. The molecule has 0 bridgehead atoms. The lowest BCUT2D eigenvalue weighted by atomic mass is 10.1. The van der Waals surface area contributed by atoms with Crippen molar-refractivity contribution in [2.24, 2.45) is 0 Å². The first kappa shape index (κ1) is 13.6. The van der Waals surface area contributed by atoms with Gasteiger partial charge in [-0.05, 0) is 42.3 Å². The number of rotatable bonds is 2. The maximum Gasteiger partial charge on any atom is 0.425 e. The molecule has 1 heterocycles. The van der Waals surface area contributed by atoms with Crippen molar-refractivity contribution in [3.63, 3.8) is 0 Å². The van der Waals surface area contributed by atoms with E-state index in [9.17, 15) is 13.2 Å². The molecule has 18 heavy (non-hydrogen) atoms. The highest BCUT2D eigenvalue weighted by molar-refractivity contribution is 9.10. The molecule has 0 spiro atoms. The van der Waals surface area contributed by atoms with Crippen molar-refractivity contribution in [1.29, 1.82) is 0 Å². The minimum atomic E-state index is -4.24. The van der Waals surface area contributed by atoms with Gasteiger partial charge in [-0.1, -0.05) is 22.0 Å². The van der Waals surface area contributed by atoms with Crippen LogP contribution in [-0.4, -0.2) is 0 Å². The average molecular weight is 335 g/mol. The molecule has 0 unspecified atom stereocenters. The van der Waals surface area contributed by atoms with Gasteiger partial charge in [0.2, 0.25) is 0 Å². The Hall–Kier alpha value is -0.810. The second-order valence-electron chi connectivity index (χ2n) is 4.01. The summed E-state index contributed by atoms with van der Waals surface area (Å²) in [6.07, 6.45) is -3.71. The summed E-state index contributed by atoms with van der Waals surface area (Å²) in [5.41, 5.74) is 2.13. The van der Waals surface area contributed by atoms with E-state index in [2.05, 4.69) is 15.9 Å². The molecule has 1 aromatic carbocycles. The Morgan fingerprint density at radius 3 is 2.50 bits per heavy atom. The molecule has 0 fully saturated rings. The second kappa shape index (κ2) is 5.05. The molecule has 1 aromatic heterocycles. The van der Waals surface area contributed by atoms with Crippen LogP contribution in [0.2, 0.25) is 0 Å². The van der Waals surface area contributed by atoms with Crippen molar-refractivity contribution in [3.8, 4) is 0 Å². The van der Waals surface area contributed by atoms with Crippen molar-refractivity contribution >= 4 is 27.3 Å². The highest BCUT2D eigenvalue weighted by Gasteiger charge is 2.32. The second-order valence-corrected chi connectivity index (χ2v) is 6.10. The Labute approximate surface area is 116 Å². The van der Waals surface area contributed by atoms with E-state index in [-0.39, 0.29) is 0 Å². The lowest BCUT2D eigenvalue weighted by molar-refractivity contribution is -0.134. The third kappa shape index (κ3) is 3.14. The fourth-order valence-corrected chi connectivity index (χ4v) is 2.95. The van der Waals surface area contributed by atoms with Crippen molar-refractivity contribution in [1.82, 2.24) is 0 Å². The number of benzene rings is 1. The average Bonchev–Trinajstić information content (AvgIpc) is 2.71. The normalized spacial score (nSPS) is 11.8. The van der Waals surface area contributed by atoms with E-state index in [1.54, 1.807) is 6.07 Å². The highest BCUT2D eigenvalue weighted by atomic mass is 79.9. The van der Waals surface area contributed by atoms with E-state index >= 15 is 0 Å². The number of hydrogen-bond donors (Lipinski definition) is 0. The van der Waals surface area contributed by atoms with Crippen molar-refractivity contribution in [3.05, 3.63) is 55.7 Å². The molecule has 0 nitrogen and oxygen atoms in total. The third-order valence-electron chi connectivity index (χ3n) is 2.62. The first-order valence-corrected chi connectivity index (χ1v) is 6.88. The summed E-state index contributed by atoms with van der Waals surface area (Å²) in [6, 6.07) is 8.52. The SMILES string of the molecule is Cc1ccc(Br)cc1Cc1ccc(C(F)(F)F)s1. The highest BCUT2D eigenvalue weighted by Crippen LogP contribution is 2.35. The van der Waals surface area contributed by atoms with Crippen LogP contribution in [0, 0.1) is 6.92 Å². The molecule has 96 valence electrons. The Balaban J connectivity index is 2.24. The van der Waals surface area contributed by atoms with Crippen LogP contribution in [-0.2, 0) is 12.6 Å². The molecule has 0 aliphatic rings. The van der Waals surface area contributed by atoms with E-state index < -0.39 is 11.1 Å². The zero-order valence-electron chi connectivity index (χ0n) is 9.51. The quantitative estimate of drug-likeness (QED) is 0.687. The fraction of sp³-hybridized carbons (Fsp3) is 0.231. The van der Waals surface area contributed by atoms with Crippen LogP contribution >= 0.6 is 27.3 Å². The maximum absolute atomic E-state index is 12.5. The smallest absolute Gasteiger partial charge is 0.165 e. The van der Waals surface area contributed by atoms with Crippen LogP contribution in [0.5, 0.6) is 0 Å². The maximum atomic E-state index is 12.5. The van der Waals surface area contributed by atoms with Crippen LogP contribution < -0.4 is 0 Å². The van der Waals surface area contributed by atoms with Crippen molar-refractivity contribution in [2.45, 2.75) is 19.5 Å². The van der Waals surface area contributed by atoms with E-state index in [0.717, 1.165) is 37.9 Å². The van der Waals surface area contributed by atoms with Gasteiger partial charge in [-0.15, -0.1) is 11.3 Å². The van der Waals surface area contributed by atoms with Gasteiger partial charge in [-0.25, -0.2) is 0 Å². The molecule has 0 atom stereocenters. The molecular formula is C13H10BrF3S. The van der Waals surface area contributed by atoms with Gasteiger partial charge in [0.25, 0.3) is 0 Å². The Morgan fingerprint density at radius 1 is 1.17 bits per heavy atom. The molecule has 0 aliphatic heterocycles. The van der Waals surface area contributed by atoms with Gasteiger partial charge in [-0.3, -0.25) is 0 Å². The minimum absolute atomic E-state index is 0.534. The van der Waals surface area contributed by atoms with Crippen LogP contribution in [0.3, 0.4) is 0 Å². The number of halogens is 4. The summed E-state index contributed by atoms with van der Waals surface area (Å²) in [7, 11) is 0. The molecule has 2 rings (SSSR count). The van der Waals surface area contributed by atoms with Crippen molar-refractivity contribution < 1.29 is 13.2 Å². The van der Waals surface area contributed by atoms with Gasteiger partial charge < -0.3 is 0 Å². The third-order valence-corrected chi connectivity index (χ3v) is 4.24. The first-order chi connectivity index (χ1) is 8.36. The molecule has 0 radical (unpaired) electrons. The Kier molecular flexibility index (Phi) is 3.82. The number of thiophene rings is 1. The van der Waals surface area contributed by atoms with E-state index in [4.69, 9.17) is 0 Å². The Bertz CT molecular complexity index is 558. The van der Waals surface area contributed by atoms with Gasteiger partial charge in [0.15, 0.2) is 0 Å². The molecule has 0 saturated heterocycles. The predicted molar refractivity (Wildman–Crippen MR) is 71.0 cm³/mol. The largest absolute Gasteiger partial charge is 0.425 e. The molecule has 0 aliphatic carbocycles. The molecule has 0 saturated carbocycles. The summed E-state index contributed by atoms with van der Waals surface area (Å²) in [5, 5.41) is 0. The molecule has 2 aromatic rings. The standard InChI is InChI=1S/C13H10BrF3S/c1-8-2-3-10(14)6-9(8)7-11-4-5-12(18-11)13(15,16)17/h2-6H,7H2,1H3. The van der Waals surface area contributed by atoms with Gasteiger partial charge in [0, 0.05) is 15.8 Å². The van der Waals surface area contributed by atoms with Crippen LogP contribution in [0.15, 0.2) is 34.8 Å². The monoisotopic (exact) mass is 334 g/mol. The van der Waals surface area contributed by atoms with E-state index in [1.165, 1.54) is 0 Å². The lowest BCUT2D eigenvalue weighted by Gasteiger charge is -2.05. The van der Waals surface area contributed by atoms with E-state index in [0.29, 0.717) is 6.42 Å².